The zero-order valence-electron chi connectivity index (χ0n) is 23.3. The van der Waals surface area contributed by atoms with Crippen LogP contribution in [0.15, 0.2) is 79.4 Å². The maximum absolute atomic E-state index is 13.6. The topological polar surface area (TPSA) is 94.5 Å². The summed E-state index contributed by atoms with van der Waals surface area (Å²) in [6.07, 6.45) is 4.69. The number of aromatic nitrogens is 2. The second-order valence-corrected chi connectivity index (χ2v) is 10.4. The molecule has 8 nitrogen and oxygen atoms in total. The van der Waals surface area contributed by atoms with Crippen molar-refractivity contribution in [2.75, 3.05) is 20.2 Å². The lowest BCUT2D eigenvalue weighted by atomic mass is 9.88. The molecule has 0 aliphatic carbocycles. The summed E-state index contributed by atoms with van der Waals surface area (Å²) in [6.45, 7) is 5.62. The second kappa shape index (κ2) is 12.2. The largest absolute Gasteiger partial charge is 0.492 e. The fraction of sp³-hybridized carbons (Fsp3) is 0.281. The maximum atomic E-state index is 13.6. The molecule has 0 fully saturated rings. The predicted octanol–water partition coefficient (Wildman–Crippen LogP) is 5.12. The molecule has 1 aromatic heterocycles. The van der Waals surface area contributed by atoms with Crippen molar-refractivity contribution >= 4 is 11.8 Å². The molecular formula is C32H33FN4O4. The maximum Gasteiger partial charge on any atom is 0.251 e. The molecule has 0 radical (unpaired) electrons. The molecule has 2 heterocycles. The van der Waals surface area contributed by atoms with Gasteiger partial charge in [0.05, 0.1) is 12.9 Å². The van der Waals surface area contributed by atoms with Gasteiger partial charge in [0.25, 0.3) is 5.91 Å². The van der Waals surface area contributed by atoms with Crippen molar-refractivity contribution in [1.82, 2.24) is 20.2 Å². The highest BCUT2D eigenvalue weighted by Crippen LogP contribution is 2.47. The van der Waals surface area contributed by atoms with E-state index >= 15 is 0 Å². The van der Waals surface area contributed by atoms with E-state index in [1.54, 1.807) is 37.8 Å². The first-order chi connectivity index (χ1) is 19.8. The zero-order chi connectivity index (χ0) is 28.9. The van der Waals surface area contributed by atoms with Gasteiger partial charge in [-0.25, -0.2) is 9.37 Å². The Morgan fingerprint density at radius 3 is 2.59 bits per heavy atom. The van der Waals surface area contributed by atoms with E-state index in [1.807, 2.05) is 54.9 Å². The van der Waals surface area contributed by atoms with Crippen molar-refractivity contribution in [3.05, 3.63) is 102 Å². The van der Waals surface area contributed by atoms with Gasteiger partial charge in [0, 0.05) is 37.1 Å². The Balaban J connectivity index is 1.48. The van der Waals surface area contributed by atoms with Gasteiger partial charge in [-0.05, 0) is 65.1 Å². The van der Waals surface area contributed by atoms with E-state index in [1.165, 1.54) is 12.1 Å². The van der Waals surface area contributed by atoms with Gasteiger partial charge < -0.3 is 24.7 Å². The van der Waals surface area contributed by atoms with Crippen molar-refractivity contribution in [3.63, 3.8) is 0 Å². The van der Waals surface area contributed by atoms with Crippen molar-refractivity contribution < 1.29 is 23.5 Å². The van der Waals surface area contributed by atoms with Crippen LogP contribution in [0.4, 0.5) is 4.39 Å². The number of nitrogens with one attached hydrogen (secondary N) is 2. The Labute approximate surface area is 238 Å². The first-order valence-electron chi connectivity index (χ1n) is 13.6. The van der Waals surface area contributed by atoms with E-state index in [4.69, 9.17) is 9.47 Å². The van der Waals surface area contributed by atoms with Crippen LogP contribution in [0.25, 0.3) is 11.1 Å². The molecule has 2 atom stereocenters. The number of nitrogens with zero attached hydrogens (tertiary/aromatic N) is 2. The van der Waals surface area contributed by atoms with Crippen LogP contribution in [0.3, 0.4) is 0 Å². The van der Waals surface area contributed by atoms with E-state index < -0.39 is 12.0 Å². The van der Waals surface area contributed by atoms with Crippen LogP contribution in [-0.4, -0.2) is 41.6 Å². The Morgan fingerprint density at radius 1 is 1.07 bits per heavy atom. The average Bonchev–Trinajstić information content (AvgIpc) is 3.63. The summed E-state index contributed by atoms with van der Waals surface area (Å²) in [5, 5.41) is 5.71. The van der Waals surface area contributed by atoms with Gasteiger partial charge in [0.1, 0.15) is 35.9 Å². The number of fused-ring (bicyclic) bond motifs is 1. The lowest BCUT2D eigenvalue weighted by Crippen LogP contribution is -2.28. The monoisotopic (exact) mass is 556 g/mol. The molecule has 0 saturated carbocycles. The molecule has 212 valence electrons. The molecule has 2 unspecified atom stereocenters. The number of carbonyl (C=O) groups excluding carboxylic acids is 2. The summed E-state index contributed by atoms with van der Waals surface area (Å²) >= 11 is 0. The molecule has 0 spiro atoms. The molecule has 1 aliphatic rings. The Bertz CT molecular complexity index is 1520. The van der Waals surface area contributed by atoms with Crippen LogP contribution < -0.4 is 20.1 Å². The number of halogens is 1. The third kappa shape index (κ3) is 6.40. The zero-order valence-corrected chi connectivity index (χ0v) is 23.3. The number of benzene rings is 3. The van der Waals surface area contributed by atoms with Crippen LogP contribution >= 0.6 is 0 Å². The fourth-order valence-electron chi connectivity index (χ4n) is 4.86. The molecule has 3 aromatic carbocycles. The number of amides is 2. The minimum atomic E-state index is -0.635. The number of imidazole rings is 1. The quantitative estimate of drug-likeness (QED) is 0.283. The number of ether oxygens (including phenoxy) is 2. The highest BCUT2D eigenvalue weighted by Gasteiger charge is 2.40. The van der Waals surface area contributed by atoms with Gasteiger partial charge in [0.15, 0.2) is 0 Å². The lowest BCUT2D eigenvalue weighted by molar-refractivity contribution is -0.123. The normalized spacial score (nSPS) is 15.7. The average molecular weight is 557 g/mol. The smallest absolute Gasteiger partial charge is 0.251 e. The standard InChI is InChI=1S/C32H33FN4O4/c1-20(2)18-36-31(38)24-14-23(15-26(16-24)40-13-12-37-11-10-35-19-37)22-6-9-28-27(17-22)29(32(39)34-3)30(41-28)21-4-7-25(33)8-5-21/h4-11,14-17,19-20,29-30H,12-13,18H2,1-3H3,(H,34,39)(H,36,38). The van der Waals surface area contributed by atoms with Crippen LogP contribution in [0, 0.1) is 11.7 Å². The summed E-state index contributed by atoms with van der Waals surface area (Å²) in [5.41, 5.74) is 3.47. The van der Waals surface area contributed by atoms with Gasteiger partial charge in [-0.15, -0.1) is 0 Å². The van der Waals surface area contributed by atoms with Crippen LogP contribution in [0.2, 0.25) is 0 Å². The van der Waals surface area contributed by atoms with E-state index in [0.29, 0.717) is 53.8 Å². The van der Waals surface area contributed by atoms with E-state index in [9.17, 15) is 14.0 Å². The summed E-state index contributed by atoms with van der Waals surface area (Å²) < 4.78 is 27.8. The van der Waals surface area contributed by atoms with Crippen molar-refractivity contribution in [3.8, 4) is 22.6 Å². The van der Waals surface area contributed by atoms with Crippen LogP contribution in [0.1, 0.15) is 47.4 Å². The minimum absolute atomic E-state index is 0.191. The highest BCUT2D eigenvalue weighted by molar-refractivity contribution is 5.96. The van der Waals surface area contributed by atoms with Gasteiger partial charge in [0.2, 0.25) is 5.91 Å². The van der Waals surface area contributed by atoms with Gasteiger partial charge >= 0.3 is 0 Å². The van der Waals surface area contributed by atoms with Crippen LogP contribution in [0.5, 0.6) is 11.5 Å². The number of hydrogen-bond donors (Lipinski definition) is 2. The molecule has 2 amide bonds. The first-order valence-corrected chi connectivity index (χ1v) is 13.6. The first kappa shape index (κ1) is 27.9. The third-order valence-corrected chi connectivity index (χ3v) is 6.98. The Kier molecular flexibility index (Phi) is 8.33. The molecule has 0 saturated heterocycles. The van der Waals surface area contributed by atoms with Crippen LogP contribution in [-0.2, 0) is 11.3 Å². The molecule has 2 N–H and O–H groups in total. The summed E-state index contributed by atoms with van der Waals surface area (Å²) in [5.74, 6) is 0.0535. The summed E-state index contributed by atoms with van der Waals surface area (Å²) in [6, 6.07) is 17.1. The van der Waals surface area contributed by atoms with Gasteiger partial charge in [-0.1, -0.05) is 32.0 Å². The predicted molar refractivity (Wildman–Crippen MR) is 153 cm³/mol. The minimum Gasteiger partial charge on any atom is -0.492 e. The Morgan fingerprint density at radius 2 is 1.88 bits per heavy atom. The lowest BCUT2D eigenvalue weighted by Gasteiger charge is -2.18. The van der Waals surface area contributed by atoms with Crippen molar-refractivity contribution in [2.24, 2.45) is 5.92 Å². The molecule has 9 heteroatoms. The highest BCUT2D eigenvalue weighted by atomic mass is 19.1. The SMILES string of the molecule is CNC(=O)C1c2cc(-c3cc(OCCn4ccnc4)cc(C(=O)NCC(C)C)c3)ccc2OC1c1ccc(F)cc1. The Hall–Kier alpha value is -4.66. The number of carbonyl (C=O) groups is 2. The second-order valence-electron chi connectivity index (χ2n) is 10.4. The summed E-state index contributed by atoms with van der Waals surface area (Å²) in [4.78, 5) is 30.2. The molecular weight excluding hydrogens is 523 g/mol. The molecule has 4 aromatic rings. The number of likely N-dealkylation sites (N-methyl/N-ethyl adjacent to an activating group) is 1. The molecule has 5 rings (SSSR count). The molecule has 1 aliphatic heterocycles. The van der Waals surface area contributed by atoms with Crippen molar-refractivity contribution in [1.29, 1.82) is 0 Å². The fourth-order valence-corrected chi connectivity index (χ4v) is 4.86. The van der Waals surface area contributed by atoms with E-state index in [-0.39, 0.29) is 17.6 Å². The molecule has 0 bridgehead atoms. The summed E-state index contributed by atoms with van der Waals surface area (Å²) in [7, 11) is 1.58. The van der Waals surface area contributed by atoms with Crippen molar-refractivity contribution in [2.45, 2.75) is 32.4 Å². The van der Waals surface area contributed by atoms with E-state index in [0.717, 1.165) is 11.1 Å². The molecule has 41 heavy (non-hydrogen) atoms. The third-order valence-electron chi connectivity index (χ3n) is 6.98. The van der Waals surface area contributed by atoms with Gasteiger partial charge in [-0.2, -0.15) is 0 Å². The van der Waals surface area contributed by atoms with E-state index in [2.05, 4.69) is 15.6 Å². The van der Waals surface area contributed by atoms with Gasteiger partial charge in [-0.3, -0.25) is 9.59 Å². The number of rotatable bonds is 10. The number of hydrogen-bond acceptors (Lipinski definition) is 5.